The van der Waals surface area contributed by atoms with Gasteiger partial charge in [-0.15, -0.1) is 0 Å². The van der Waals surface area contributed by atoms with Crippen molar-refractivity contribution in [3.63, 3.8) is 0 Å². The lowest BCUT2D eigenvalue weighted by Gasteiger charge is -2.18. The standard InChI is InChI=1S/C77H120O6/c1-4-7-10-13-16-19-22-25-27-29-31-33-35-36-37-38-39-40-42-43-45-47-49-52-55-58-61-64-67-70-76(79)82-73-74(72-81-75(78)69-66-63-60-57-54-51-24-21-18-15-12-9-6-3)83-77(80)71-68-65-62-59-56-53-50-48-46-44-41-34-32-30-28-26-23-20-17-14-11-8-5-2/h7-12,16-21,25-28,31-34,36-37,44,46,50-51,53-54,59,62,74H,4-6,13-15,22-24,29-30,35,38-43,45,47-49,52,55-58,60-61,63-73H2,1-3H3/b10-7-,11-8-,12-9-,19-16-,20-17-,21-18-,27-25-,28-26-,33-31-,34-32-,37-36-,46-44-,53-50-,54-51-,62-59-. The van der Waals surface area contributed by atoms with E-state index in [0.717, 1.165) is 148 Å². The number of esters is 3. The van der Waals surface area contributed by atoms with Crippen LogP contribution in [0.15, 0.2) is 182 Å². The summed E-state index contributed by atoms with van der Waals surface area (Å²) in [4.78, 5) is 38.3. The number of carbonyl (C=O) groups is 3. The predicted molar refractivity (Wildman–Crippen MR) is 361 cm³/mol. The maximum atomic E-state index is 12.9. The zero-order chi connectivity index (χ0) is 59.9. The van der Waals surface area contributed by atoms with Crippen LogP contribution in [-0.4, -0.2) is 37.2 Å². The van der Waals surface area contributed by atoms with Gasteiger partial charge in [0.1, 0.15) is 13.2 Å². The van der Waals surface area contributed by atoms with Crippen LogP contribution in [0.4, 0.5) is 0 Å². The fourth-order valence-electron chi connectivity index (χ4n) is 8.53. The summed E-state index contributed by atoms with van der Waals surface area (Å²) < 4.78 is 16.8. The highest BCUT2D eigenvalue weighted by Crippen LogP contribution is 2.15. The highest BCUT2D eigenvalue weighted by molar-refractivity contribution is 5.71. The highest BCUT2D eigenvalue weighted by atomic mass is 16.6. The van der Waals surface area contributed by atoms with Gasteiger partial charge in [-0.25, -0.2) is 0 Å². The molecule has 0 aliphatic rings. The van der Waals surface area contributed by atoms with Crippen molar-refractivity contribution in [3.8, 4) is 0 Å². The summed E-state index contributed by atoms with van der Waals surface area (Å²) in [5, 5.41) is 0. The van der Waals surface area contributed by atoms with Crippen molar-refractivity contribution in [3.05, 3.63) is 182 Å². The molecule has 6 heteroatoms. The van der Waals surface area contributed by atoms with Crippen LogP contribution in [0.3, 0.4) is 0 Å². The summed E-state index contributed by atoms with van der Waals surface area (Å²) in [5.74, 6) is -1.02. The average Bonchev–Trinajstić information content (AvgIpc) is 3.49. The van der Waals surface area contributed by atoms with E-state index in [9.17, 15) is 14.4 Å². The quantitative estimate of drug-likeness (QED) is 0.0261. The molecule has 464 valence electrons. The molecular formula is C77H120O6. The lowest BCUT2D eigenvalue weighted by molar-refractivity contribution is -0.167. The van der Waals surface area contributed by atoms with E-state index in [1.807, 2.05) is 0 Å². The lowest BCUT2D eigenvalue weighted by atomic mass is 10.0. The third kappa shape index (κ3) is 67.2. The van der Waals surface area contributed by atoms with E-state index in [1.54, 1.807) is 0 Å². The second-order valence-corrected chi connectivity index (χ2v) is 21.2. The van der Waals surface area contributed by atoms with Crippen LogP contribution in [0.1, 0.15) is 265 Å². The first-order chi connectivity index (χ1) is 41.0. The summed E-state index contributed by atoms with van der Waals surface area (Å²) >= 11 is 0. The van der Waals surface area contributed by atoms with Crippen molar-refractivity contribution in [2.45, 2.75) is 271 Å². The van der Waals surface area contributed by atoms with Crippen molar-refractivity contribution in [2.75, 3.05) is 13.2 Å². The molecule has 6 nitrogen and oxygen atoms in total. The minimum Gasteiger partial charge on any atom is -0.462 e. The molecule has 0 saturated heterocycles. The third-order valence-electron chi connectivity index (χ3n) is 13.4. The molecule has 0 fully saturated rings. The SMILES string of the molecule is CC/C=C\C/C=C\C/C=C\C/C=C\C/C=C\C/C=C\C/C=C\CCCC(=O)OC(COC(=O)CCCCC/C=C\C/C=C\C/C=C\CC)COC(=O)CCCCCCCCCCCCCCC/C=C\C/C=C\C/C=C\C/C=C\C/C=C\CC. The van der Waals surface area contributed by atoms with Gasteiger partial charge in [-0.1, -0.05) is 280 Å². The van der Waals surface area contributed by atoms with E-state index in [-0.39, 0.29) is 37.5 Å². The Morgan fingerprint density at radius 2 is 0.446 bits per heavy atom. The van der Waals surface area contributed by atoms with Crippen LogP contribution in [0.5, 0.6) is 0 Å². The van der Waals surface area contributed by atoms with Gasteiger partial charge in [0.25, 0.3) is 0 Å². The largest absolute Gasteiger partial charge is 0.462 e. The normalized spacial score (nSPS) is 13.3. The molecule has 0 N–H and O–H groups in total. The molecule has 0 amide bonds. The molecule has 0 aliphatic carbocycles. The fraction of sp³-hybridized carbons (Fsp3) is 0.571. The zero-order valence-electron chi connectivity index (χ0n) is 53.1. The molecule has 0 spiro atoms. The minimum atomic E-state index is -0.832. The minimum absolute atomic E-state index is 0.119. The number of unbranched alkanes of at least 4 members (excludes halogenated alkanes) is 17. The van der Waals surface area contributed by atoms with Crippen LogP contribution in [0.2, 0.25) is 0 Å². The molecule has 0 aromatic heterocycles. The molecular weight excluding hydrogens is 1020 g/mol. The zero-order valence-corrected chi connectivity index (χ0v) is 53.1. The maximum absolute atomic E-state index is 12.9. The van der Waals surface area contributed by atoms with Gasteiger partial charge in [-0.3, -0.25) is 14.4 Å². The van der Waals surface area contributed by atoms with Crippen LogP contribution >= 0.6 is 0 Å². The summed E-state index contributed by atoms with van der Waals surface area (Å²) in [6, 6.07) is 0. The summed E-state index contributed by atoms with van der Waals surface area (Å²) in [6.45, 7) is 6.22. The van der Waals surface area contributed by atoms with Crippen molar-refractivity contribution in [1.29, 1.82) is 0 Å². The van der Waals surface area contributed by atoms with Gasteiger partial charge in [-0.05, 0) is 148 Å². The maximum Gasteiger partial charge on any atom is 0.306 e. The van der Waals surface area contributed by atoms with Crippen LogP contribution in [0.25, 0.3) is 0 Å². The summed E-state index contributed by atoms with van der Waals surface area (Å²) in [6.07, 6.45) is 103. The molecule has 0 aromatic carbocycles. The second-order valence-electron chi connectivity index (χ2n) is 21.2. The first kappa shape index (κ1) is 77.5. The lowest BCUT2D eigenvalue weighted by Crippen LogP contribution is -2.30. The summed E-state index contributed by atoms with van der Waals surface area (Å²) in [5.41, 5.74) is 0. The molecule has 0 heterocycles. The van der Waals surface area contributed by atoms with E-state index < -0.39 is 6.10 Å². The molecule has 0 bridgehead atoms. The third-order valence-corrected chi connectivity index (χ3v) is 13.4. The number of rotatable bonds is 58. The average molecular weight is 1140 g/mol. The molecule has 0 aromatic rings. The van der Waals surface area contributed by atoms with E-state index in [1.165, 1.54) is 70.6 Å². The fourth-order valence-corrected chi connectivity index (χ4v) is 8.53. The topological polar surface area (TPSA) is 78.9 Å². The van der Waals surface area contributed by atoms with Crippen LogP contribution in [0, 0.1) is 0 Å². The van der Waals surface area contributed by atoms with Gasteiger partial charge in [0.15, 0.2) is 6.10 Å². The Balaban J connectivity index is 4.42. The van der Waals surface area contributed by atoms with Crippen molar-refractivity contribution in [2.24, 2.45) is 0 Å². The smallest absolute Gasteiger partial charge is 0.306 e. The Hall–Kier alpha value is -5.49. The Labute approximate surface area is 510 Å². The Bertz CT molecular complexity index is 1940. The molecule has 1 unspecified atom stereocenters. The number of allylic oxidation sites excluding steroid dienone is 30. The monoisotopic (exact) mass is 1140 g/mol. The van der Waals surface area contributed by atoms with Gasteiger partial charge in [-0.2, -0.15) is 0 Å². The number of ether oxygens (including phenoxy) is 3. The van der Waals surface area contributed by atoms with E-state index in [4.69, 9.17) is 14.2 Å². The van der Waals surface area contributed by atoms with Crippen molar-refractivity contribution >= 4 is 17.9 Å². The number of hydrogen-bond acceptors (Lipinski definition) is 6. The molecule has 1 atom stereocenters. The van der Waals surface area contributed by atoms with E-state index >= 15 is 0 Å². The second kappa shape index (κ2) is 69.0. The van der Waals surface area contributed by atoms with Gasteiger partial charge in [0, 0.05) is 19.3 Å². The predicted octanol–water partition coefficient (Wildman–Crippen LogP) is 23.2. The Kier molecular flexibility index (Phi) is 64.4. The Morgan fingerprint density at radius 1 is 0.241 bits per heavy atom. The molecule has 83 heavy (non-hydrogen) atoms. The van der Waals surface area contributed by atoms with Gasteiger partial charge >= 0.3 is 17.9 Å². The van der Waals surface area contributed by atoms with Crippen molar-refractivity contribution in [1.82, 2.24) is 0 Å². The van der Waals surface area contributed by atoms with E-state index in [2.05, 4.69) is 203 Å². The first-order valence-electron chi connectivity index (χ1n) is 33.3. The van der Waals surface area contributed by atoms with E-state index in [0.29, 0.717) is 19.3 Å². The molecule has 0 saturated carbocycles. The van der Waals surface area contributed by atoms with Crippen LogP contribution in [-0.2, 0) is 28.6 Å². The van der Waals surface area contributed by atoms with Gasteiger partial charge < -0.3 is 14.2 Å². The Morgan fingerprint density at radius 3 is 0.723 bits per heavy atom. The van der Waals surface area contributed by atoms with Gasteiger partial charge in [0.05, 0.1) is 0 Å². The first-order valence-corrected chi connectivity index (χ1v) is 33.3. The number of carbonyl (C=O) groups excluding carboxylic acids is 3. The highest BCUT2D eigenvalue weighted by Gasteiger charge is 2.19. The molecule has 0 rings (SSSR count). The van der Waals surface area contributed by atoms with Crippen molar-refractivity contribution < 1.29 is 28.6 Å². The summed E-state index contributed by atoms with van der Waals surface area (Å²) in [7, 11) is 0. The molecule has 0 radical (unpaired) electrons. The number of hydrogen-bond donors (Lipinski definition) is 0. The van der Waals surface area contributed by atoms with Crippen LogP contribution < -0.4 is 0 Å². The molecule has 0 aliphatic heterocycles. The van der Waals surface area contributed by atoms with Gasteiger partial charge in [0.2, 0.25) is 0 Å².